The van der Waals surface area contributed by atoms with Gasteiger partial charge in [0.15, 0.2) is 11.6 Å². The highest BCUT2D eigenvalue weighted by molar-refractivity contribution is 6.10. The van der Waals surface area contributed by atoms with Crippen LogP contribution in [0.3, 0.4) is 0 Å². The maximum absolute atomic E-state index is 14.3. The molecule has 1 aliphatic heterocycles. The normalized spacial score (nSPS) is 14.1. The van der Waals surface area contributed by atoms with Gasteiger partial charge < -0.3 is 15.5 Å². The second-order valence-electron chi connectivity index (χ2n) is 7.98. The Bertz CT molecular complexity index is 1310. The zero-order valence-electron chi connectivity index (χ0n) is 17.2. The van der Waals surface area contributed by atoms with E-state index in [1.165, 1.54) is 24.1 Å². The second kappa shape index (κ2) is 7.67. The predicted octanol–water partition coefficient (Wildman–Crippen LogP) is 3.30. The number of para-hydroxylation sites is 1. The van der Waals surface area contributed by atoms with Crippen molar-refractivity contribution in [2.75, 3.05) is 20.2 Å². The van der Waals surface area contributed by atoms with Crippen LogP contribution in [0.5, 0.6) is 5.75 Å². The highest BCUT2D eigenvalue weighted by Gasteiger charge is 2.24. The van der Waals surface area contributed by atoms with Crippen molar-refractivity contribution in [2.45, 2.75) is 19.4 Å². The van der Waals surface area contributed by atoms with Crippen LogP contribution < -0.4 is 10.5 Å². The molecule has 0 unspecified atom stereocenters. The Kier molecular flexibility index (Phi) is 4.82. The van der Waals surface area contributed by atoms with Gasteiger partial charge in [0.2, 0.25) is 5.91 Å². The molecule has 0 bridgehead atoms. The zero-order chi connectivity index (χ0) is 21.5. The molecule has 0 spiro atoms. The number of nitrogens with one attached hydrogen (secondary N) is 1. The third kappa shape index (κ3) is 3.51. The van der Waals surface area contributed by atoms with Gasteiger partial charge >= 0.3 is 0 Å². The molecule has 1 amide bonds. The fourth-order valence-electron chi connectivity index (χ4n) is 4.56. The summed E-state index contributed by atoms with van der Waals surface area (Å²) in [5.74, 6) is -0.510. The minimum atomic E-state index is -0.390. The number of aromatic nitrogens is 2. The minimum absolute atomic E-state index is 0.214. The molecule has 4 aromatic rings. The smallest absolute Gasteiger partial charge is 0.231 e. The summed E-state index contributed by atoms with van der Waals surface area (Å²) in [5.41, 5.74) is 11.3. The van der Waals surface area contributed by atoms with Crippen molar-refractivity contribution >= 4 is 27.7 Å². The minimum Gasteiger partial charge on any atom is -0.494 e. The summed E-state index contributed by atoms with van der Waals surface area (Å²) in [6.45, 7) is 1.54. The number of fused-ring (bicyclic) bond motifs is 5. The van der Waals surface area contributed by atoms with Gasteiger partial charge in [-0.1, -0.05) is 24.3 Å². The lowest BCUT2D eigenvalue weighted by atomic mass is 9.96. The maximum atomic E-state index is 14.3. The van der Waals surface area contributed by atoms with Crippen molar-refractivity contribution in [3.8, 4) is 5.75 Å². The third-order valence-corrected chi connectivity index (χ3v) is 5.93. The molecule has 31 heavy (non-hydrogen) atoms. The van der Waals surface area contributed by atoms with Crippen molar-refractivity contribution in [3.05, 3.63) is 70.8 Å². The lowest BCUT2D eigenvalue weighted by Crippen LogP contribution is -2.38. The summed E-state index contributed by atoms with van der Waals surface area (Å²) in [5, 5.41) is 2.32. The first-order chi connectivity index (χ1) is 15.0. The number of rotatable bonds is 5. The van der Waals surface area contributed by atoms with Gasteiger partial charge in [-0.15, -0.1) is 0 Å². The average molecular weight is 418 g/mol. The van der Waals surface area contributed by atoms with Gasteiger partial charge in [0, 0.05) is 35.8 Å². The maximum Gasteiger partial charge on any atom is 0.231 e. The van der Waals surface area contributed by atoms with E-state index in [1.807, 2.05) is 23.1 Å². The van der Waals surface area contributed by atoms with Gasteiger partial charge in [-0.05, 0) is 35.7 Å². The Hall–Kier alpha value is -3.45. The molecule has 5 rings (SSSR count). The van der Waals surface area contributed by atoms with Gasteiger partial charge in [-0.2, -0.15) is 0 Å². The van der Waals surface area contributed by atoms with Crippen LogP contribution in [0.2, 0.25) is 0 Å². The van der Waals surface area contributed by atoms with E-state index < -0.39 is 5.82 Å². The topological polar surface area (TPSA) is 84.2 Å². The van der Waals surface area contributed by atoms with Gasteiger partial charge in [-0.25, -0.2) is 4.39 Å². The van der Waals surface area contributed by atoms with Gasteiger partial charge in [0.1, 0.15) is 0 Å². The number of hydrogen-bond acceptors (Lipinski definition) is 4. The number of carbonyl (C=O) groups excluding carboxylic acids is 1. The molecule has 0 saturated heterocycles. The molecular weight excluding hydrogens is 395 g/mol. The summed E-state index contributed by atoms with van der Waals surface area (Å²) < 4.78 is 19.3. The predicted molar refractivity (Wildman–Crippen MR) is 118 cm³/mol. The first kappa shape index (κ1) is 19.5. The lowest BCUT2D eigenvalue weighted by Gasteiger charge is -2.28. The molecule has 6 nitrogen and oxygen atoms in total. The molecule has 0 aliphatic carbocycles. The average Bonchev–Trinajstić information content (AvgIpc) is 3.14. The number of benzene rings is 2. The number of amides is 1. The van der Waals surface area contributed by atoms with Gasteiger partial charge in [0.05, 0.1) is 30.6 Å². The SMILES string of the molecule is COc1ccc(Cc2nc3c(c4c2[nH]c2ccccc24)CCN(CC(N)=O)C3)cc1F. The molecular formula is C24H23FN4O2. The Labute approximate surface area is 178 Å². The van der Waals surface area contributed by atoms with Crippen LogP contribution in [0.15, 0.2) is 42.5 Å². The summed E-state index contributed by atoms with van der Waals surface area (Å²) in [7, 11) is 1.45. The number of ether oxygens (including phenoxy) is 1. The summed E-state index contributed by atoms with van der Waals surface area (Å²) in [6, 6.07) is 13.2. The Morgan fingerprint density at radius 1 is 1.29 bits per heavy atom. The van der Waals surface area contributed by atoms with E-state index in [0.717, 1.165) is 46.3 Å². The van der Waals surface area contributed by atoms with Crippen LogP contribution in [-0.4, -0.2) is 41.0 Å². The number of nitrogens with zero attached hydrogens (tertiary/aromatic N) is 2. The molecule has 3 N–H and O–H groups in total. The van der Waals surface area contributed by atoms with Crippen LogP contribution in [0.4, 0.5) is 4.39 Å². The first-order valence-corrected chi connectivity index (χ1v) is 10.3. The summed E-state index contributed by atoms with van der Waals surface area (Å²) >= 11 is 0. The van der Waals surface area contributed by atoms with Crippen molar-refractivity contribution in [1.82, 2.24) is 14.9 Å². The lowest BCUT2D eigenvalue weighted by molar-refractivity contribution is -0.119. The molecule has 0 fully saturated rings. The summed E-state index contributed by atoms with van der Waals surface area (Å²) in [6.07, 6.45) is 1.28. The van der Waals surface area contributed by atoms with Crippen LogP contribution in [-0.2, 0) is 24.2 Å². The number of halogens is 1. The monoisotopic (exact) mass is 418 g/mol. The van der Waals surface area contributed by atoms with Crippen LogP contribution in [0.1, 0.15) is 22.5 Å². The van der Waals surface area contributed by atoms with Gasteiger partial charge in [-0.3, -0.25) is 14.7 Å². The number of hydrogen-bond donors (Lipinski definition) is 2. The Morgan fingerprint density at radius 3 is 2.90 bits per heavy atom. The van der Waals surface area contributed by atoms with Crippen LogP contribution in [0.25, 0.3) is 21.8 Å². The molecule has 0 atom stereocenters. The molecule has 158 valence electrons. The van der Waals surface area contributed by atoms with Crippen molar-refractivity contribution in [1.29, 1.82) is 0 Å². The summed E-state index contributed by atoms with van der Waals surface area (Å²) in [4.78, 5) is 22.0. The van der Waals surface area contributed by atoms with E-state index >= 15 is 0 Å². The van der Waals surface area contributed by atoms with E-state index in [2.05, 4.69) is 17.1 Å². The zero-order valence-corrected chi connectivity index (χ0v) is 17.2. The van der Waals surface area contributed by atoms with E-state index in [-0.39, 0.29) is 18.2 Å². The number of carbonyl (C=O) groups is 1. The number of nitrogens with two attached hydrogens (primary N) is 1. The van der Waals surface area contributed by atoms with Gasteiger partial charge in [0.25, 0.3) is 0 Å². The largest absolute Gasteiger partial charge is 0.494 e. The molecule has 0 radical (unpaired) electrons. The van der Waals surface area contributed by atoms with E-state index in [0.29, 0.717) is 13.0 Å². The van der Waals surface area contributed by atoms with E-state index in [9.17, 15) is 9.18 Å². The molecule has 1 aliphatic rings. The standard InChI is InChI=1S/C24H23FN4O2/c1-31-21-7-6-14(10-17(21)25)11-19-24-23(15-4-2-3-5-18(15)28-24)16-8-9-29(13-22(26)30)12-20(16)27-19/h2-7,10,28H,8-9,11-13H2,1H3,(H2,26,30). The molecule has 2 aromatic carbocycles. The molecule has 0 saturated carbocycles. The highest BCUT2D eigenvalue weighted by atomic mass is 19.1. The highest BCUT2D eigenvalue weighted by Crippen LogP contribution is 2.35. The van der Waals surface area contributed by atoms with Crippen molar-refractivity contribution < 1.29 is 13.9 Å². The van der Waals surface area contributed by atoms with Crippen LogP contribution >= 0.6 is 0 Å². The fraction of sp³-hybridized carbons (Fsp3) is 0.250. The molecule has 2 aromatic heterocycles. The van der Waals surface area contributed by atoms with Crippen molar-refractivity contribution in [3.63, 3.8) is 0 Å². The number of primary amides is 1. The van der Waals surface area contributed by atoms with E-state index in [1.54, 1.807) is 6.07 Å². The Balaban J connectivity index is 1.65. The number of aromatic amines is 1. The van der Waals surface area contributed by atoms with Crippen molar-refractivity contribution in [2.24, 2.45) is 5.73 Å². The molecule has 3 heterocycles. The second-order valence-corrected chi connectivity index (χ2v) is 7.98. The van der Waals surface area contributed by atoms with E-state index in [4.69, 9.17) is 15.5 Å². The quantitative estimate of drug-likeness (QED) is 0.521. The number of methoxy groups -OCH3 is 1. The number of H-pyrrole nitrogens is 1. The molecule has 7 heteroatoms. The third-order valence-electron chi connectivity index (χ3n) is 5.93. The van der Waals surface area contributed by atoms with Crippen LogP contribution in [0, 0.1) is 5.82 Å². The Morgan fingerprint density at radius 2 is 2.13 bits per heavy atom. The fourth-order valence-corrected chi connectivity index (χ4v) is 4.56. The first-order valence-electron chi connectivity index (χ1n) is 10.3. The number of pyridine rings is 1.